The van der Waals surface area contributed by atoms with E-state index in [0.29, 0.717) is 12.8 Å². The van der Waals surface area contributed by atoms with Gasteiger partial charge in [0.2, 0.25) is 0 Å². The van der Waals surface area contributed by atoms with Crippen LogP contribution in [-0.4, -0.2) is 48.6 Å². The summed E-state index contributed by atoms with van der Waals surface area (Å²) in [5.74, 6) is -1.18. The van der Waals surface area contributed by atoms with Gasteiger partial charge < -0.3 is 14.5 Å². The molecule has 0 aliphatic carbocycles. The molecule has 2 aromatic rings. The molecule has 4 bridgehead atoms. The number of fused-ring (bicyclic) bond motifs is 4. The number of hydrogen-bond acceptors (Lipinski definition) is 5. The third-order valence-corrected chi connectivity index (χ3v) is 7.14. The third kappa shape index (κ3) is 1.91. The number of carbonyl (C=O) groups is 2. The summed E-state index contributed by atoms with van der Waals surface area (Å²) in [5, 5.41) is 1.17. The maximum Gasteiger partial charge on any atom is 0.325 e. The van der Waals surface area contributed by atoms with Crippen LogP contribution in [0.15, 0.2) is 35.9 Å². The second-order valence-electron chi connectivity index (χ2n) is 7.97. The maximum atomic E-state index is 13.2. The molecule has 28 heavy (non-hydrogen) atoms. The van der Waals surface area contributed by atoms with Crippen LogP contribution in [0.1, 0.15) is 30.6 Å². The van der Waals surface area contributed by atoms with Crippen molar-refractivity contribution < 1.29 is 19.1 Å². The molecule has 6 heteroatoms. The Morgan fingerprint density at radius 1 is 1.21 bits per heavy atom. The summed E-state index contributed by atoms with van der Waals surface area (Å²) in [6.07, 6.45) is 3.35. The second kappa shape index (κ2) is 5.95. The van der Waals surface area contributed by atoms with E-state index < -0.39 is 17.4 Å². The number of methoxy groups -OCH3 is 2. The largest absolute Gasteiger partial charge is 0.468 e. The summed E-state index contributed by atoms with van der Waals surface area (Å²) in [4.78, 5) is 32.3. The van der Waals surface area contributed by atoms with Crippen molar-refractivity contribution in [2.45, 2.75) is 31.8 Å². The lowest BCUT2D eigenvalue weighted by molar-refractivity contribution is -0.193. The highest BCUT2D eigenvalue weighted by Gasteiger charge is 2.69. The minimum absolute atomic E-state index is 0.164. The number of aromatic amines is 1. The Morgan fingerprint density at radius 2 is 1.93 bits per heavy atom. The number of piperidine rings is 3. The van der Waals surface area contributed by atoms with Crippen LogP contribution in [0.4, 0.5) is 0 Å². The fourth-order valence-corrected chi connectivity index (χ4v) is 5.99. The molecule has 0 saturated carbocycles. The molecule has 146 valence electrons. The second-order valence-corrected chi connectivity index (χ2v) is 7.97. The Kier molecular flexibility index (Phi) is 3.72. The predicted octanol–water partition coefficient (Wildman–Crippen LogP) is 2.75. The molecule has 4 aliphatic heterocycles. The quantitative estimate of drug-likeness (QED) is 0.493. The molecule has 0 spiro atoms. The molecule has 0 radical (unpaired) electrons. The highest BCUT2D eigenvalue weighted by Crippen LogP contribution is 2.60. The van der Waals surface area contributed by atoms with Gasteiger partial charge in [-0.05, 0) is 31.4 Å². The van der Waals surface area contributed by atoms with Crippen LogP contribution in [0.2, 0.25) is 0 Å². The summed E-state index contributed by atoms with van der Waals surface area (Å²) in [5.41, 5.74) is 3.33. The molecule has 6 rings (SSSR count). The molecule has 0 amide bonds. The third-order valence-electron chi connectivity index (χ3n) is 7.14. The van der Waals surface area contributed by atoms with Gasteiger partial charge in [-0.3, -0.25) is 14.5 Å². The van der Waals surface area contributed by atoms with Crippen molar-refractivity contribution in [1.29, 1.82) is 0 Å². The predicted molar refractivity (Wildman–Crippen MR) is 104 cm³/mol. The average Bonchev–Trinajstić information content (AvgIpc) is 3.11. The summed E-state index contributed by atoms with van der Waals surface area (Å²) >= 11 is 0. The minimum atomic E-state index is -1.32. The Balaban J connectivity index is 1.76. The molecule has 4 atom stereocenters. The molecule has 3 fully saturated rings. The van der Waals surface area contributed by atoms with E-state index in [1.54, 1.807) is 0 Å². The molecule has 1 N–H and O–H groups in total. The van der Waals surface area contributed by atoms with Gasteiger partial charge in [-0.1, -0.05) is 29.8 Å². The number of benzene rings is 1. The highest BCUT2D eigenvalue weighted by molar-refractivity contribution is 6.03. The number of esters is 2. The van der Waals surface area contributed by atoms with Crippen LogP contribution in [0.5, 0.6) is 0 Å². The molecular weight excluding hydrogens is 356 g/mol. The number of rotatable bonds is 2. The lowest BCUT2D eigenvalue weighted by atomic mass is 9.55. The lowest BCUT2D eigenvalue weighted by Gasteiger charge is -2.61. The Bertz CT molecular complexity index is 1000. The van der Waals surface area contributed by atoms with Crippen LogP contribution in [0.25, 0.3) is 10.9 Å². The number of nitrogens with zero attached hydrogens (tertiary/aromatic N) is 1. The molecule has 5 heterocycles. The molecule has 4 unspecified atom stereocenters. The first-order valence-electron chi connectivity index (χ1n) is 9.75. The molecule has 4 aliphatic rings. The van der Waals surface area contributed by atoms with Crippen LogP contribution >= 0.6 is 0 Å². The van der Waals surface area contributed by atoms with Crippen molar-refractivity contribution in [3.05, 3.63) is 47.2 Å². The fraction of sp³-hybridized carbons (Fsp3) is 0.455. The van der Waals surface area contributed by atoms with E-state index in [2.05, 4.69) is 22.0 Å². The van der Waals surface area contributed by atoms with E-state index in [0.717, 1.165) is 17.6 Å². The van der Waals surface area contributed by atoms with Crippen LogP contribution in [0, 0.1) is 11.3 Å². The number of ether oxygens (including phenoxy) is 2. The van der Waals surface area contributed by atoms with Gasteiger partial charge >= 0.3 is 11.9 Å². The number of H-pyrrole nitrogens is 1. The number of aromatic nitrogens is 1. The minimum Gasteiger partial charge on any atom is -0.468 e. The number of nitrogens with one attached hydrogen (secondary N) is 1. The molecule has 1 aromatic heterocycles. The first-order chi connectivity index (χ1) is 13.6. The average molecular weight is 380 g/mol. The van der Waals surface area contributed by atoms with Gasteiger partial charge in [0.25, 0.3) is 0 Å². The smallest absolute Gasteiger partial charge is 0.325 e. The van der Waals surface area contributed by atoms with Crippen molar-refractivity contribution in [3.63, 3.8) is 0 Å². The van der Waals surface area contributed by atoms with Gasteiger partial charge in [-0.2, -0.15) is 0 Å². The van der Waals surface area contributed by atoms with E-state index in [9.17, 15) is 9.59 Å². The Labute approximate surface area is 163 Å². The maximum absolute atomic E-state index is 13.2. The Hall–Kier alpha value is -2.60. The van der Waals surface area contributed by atoms with E-state index in [-0.39, 0.29) is 18.0 Å². The van der Waals surface area contributed by atoms with Gasteiger partial charge in [0.1, 0.15) is 0 Å². The normalized spacial score (nSPS) is 30.9. The molecule has 6 nitrogen and oxygen atoms in total. The number of carbonyl (C=O) groups excluding carboxylic acids is 2. The summed E-state index contributed by atoms with van der Waals surface area (Å²) in [6.45, 7) is 2.74. The fourth-order valence-electron chi connectivity index (χ4n) is 5.99. The van der Waals surface area contributed by atoms with Crippen LogP contribution in [-0.2, 0) is 25.5 Å². The Morgan fingerprint density at radius 3 is 2.61 bits per heavy atom. The van der Waals surface area contributed by atoms with Crippen molar-refractivity contribution in [2.75, 3.05) is 20.8 Å². The van der Waals surface area contributed by atoms with Crippen molar-refractivity contribution in [2.24, 2.45) is 11.3 Å². The zero-order valence-corrected chi connectivity index (χ0v) is 16.3. The molecule has 1 aromatic carbocycles. The van der Waals surface area contributed by atoms with E-state index >= 15 is 0 Å². The van der Waals surface area contributed by atoms with Gasteiger partial charge in [0.05, 0.1) is 20.3 Å². The zero-order chi connectivity index (χ0) is 19.6. The standard InChI is InChI=1S/C22H24N2O4/c1-4-12-11-24-17-10-15(12)22(20(25)27-2,21(26)28-3)18(24)9-14-13-7-5-6-8-16(13)23-19(14)17/h4-8,15,17-18,23H,9-11H2,1-3H3. The number of para-hydroxylation sites is 1. The summed E-state index contributed by atoms with van der Waals surface area (Å²) in [7, 11) is 2.72. The van der Waals surface area contributed by atoms with Gasteiger partial charge in [0, 0.05) is 35.1 Å². The van der Waals surface area contributed by atoms with Gasteiger partial charge in [-0.15, -0.1) is 0 Å². The van der Waals surface area contributed by atoms with Gasteiger partial charge in [0.15, 0.2) is 5.41 Å². The first kappa shape index (κ1) is 17.5. The number of hydrogen-bond donors (Lipinski definition) is 1. The monoisotopic (exact) mass is 380 g/mol. The summed E-state index contributed by atoms with van der Waals surface area (Å²) in [6, 6.07) is 8.13. The van der Waals surface area contributed by atoms with Crippen LogP contribution < -0.4 is 0 Å². The number of allylic oxidation sites excluding steroid dienone is 1. The van der Waals surface area contributed by atoms with Crippen molar-refractivity contribution in [1.82, 2.24) is 9.88 Å². The lowest BCUT2D eigenvalue weighted by Crippen LogP contribution is -2.71. The van der Waals surface area contributed by atoms with Crippen molar-refractivity contribution >= 4 is 22.8 Å². The highest BCUT2D eigenvalue weighted by atomic mass is 16.5. The molecule has 3 saturated heterocycles. The topological polar surface area (TPSA) is 71.6 Å². The molecular formula is C22H24N2O4. The van der Waals surface area contributed by atoms with E-state index in [1.807, 2.05) is 25.1 Å². The van der Waals surface area contributed by atoms with E-state index in [1.165, 1.54) is 30.9 Å². The summed E-state index contributed by atoms with van der Waals surface area (Å²) < 4.78 is 10.4. The SMILES string of the molecule is CC=C1CN2C3CC1C(C(=O)OC)(C(=O)OC)C2Cc1c3[nH]c2ccccc12. The van der Waals surface area contributed by atoms with E-state index in [4.69, 9.17) is 9.47 Å². The van der Waals surface area contributed by atoms with Crippen LogP contribution in [0.3, 0.4) is 0 Å². The first-order valence-corrected chi connectivity index (χ1v) is 9.75. The van der Waals surface area contributed by atoms with Crippen molar-refractivity contribution in [3.8, 4) is 0 Å². The van der Waals surface area contributed by atoms with Gasteiger partial charge in [-0.25, -0.2) is 0 Å². The zero-order valence-electron chi connectivity index (χ0n) is 16.3.